The molecule has 108 valence electrons. The van der Waals surface area contributed by atoms with E-state index in [4.69, 9.17) is 4.74 Å². The van der Waals surface area contributed by atoms with Gasteiger partial charge in [0.25, 0.3) is 5.91 Å². The number of hydrogen-bond donors (Lipinski definition) is 0. The molecule has 0 aliphatic carbocycles. The molecule has 1 aliphatic rings. The van der Waals surface area contributed by atoms with Crippen LogP contribution in [0.3, 0.4) is 0 Å². The predicted octanol–water partition coefficient (Wildman–Crippen LogP) is 2.47. The monoisotopic (exact) mass is 286 g/mol. The highest BCUT2D eigenvalue weighted by Gasteiger charge is 2.33. The molecule has 1 aliphatic heterocycles. The number of carbonyl (C=O) groups excluding carboxylic acids is 1. The second-order valence-electron chi connectivity index (χ2n) is 5.03. The van der Waals surface area contributed by atoms with Crippen molar-refractivity contribution in [3.63, 3.8) is 0 Å². The van der Waals surface area contributed by atoms with E-state index in [0.717, 1.165) is 0 Å². The first-order chi connectivity index (χ1) is 10.2. The van der Waals surface area contributed by atoms with E-state index in [2.05, 4.69) is 4.98 Å². The Hall–Kier alpha value is -2.43. The van der Waals surface area contributed by atoms with Crippen LogP contribution in [0.5, 0.6) is 5.75 Å². The van der Waals surface area contributed by atoms with Crippen molar-refractivity contribution in [2.45, 2.75) is 5.92 Å². The van der Waals surface area contributed by atoms with Crippen LogP contribution in [-0.4, -0.2) is 36.0 Å². The minimum absolute atomic E-state index is 0.198. The molecule has 0 bridgehead atoms. The molecular formula is C16H15FN2O2. The van der Waals surface area contributed by atoms with Crippen LogP contribution in [0.2, 0.25) is 0 Å². The molecule has 3 rings (SSSR count). The van der Waals surface area contributed by atoms with Crippen LogP contribution >= 0.6 is 0 Å². The van der Waals surface area contributed by atoms with Gasteiger partial charge in [-0.25, -0.2) is 4.39 Å². The van der Waals surface area contributed by atoms with Crippen molar-refractivity contribution < 1.29 is 13.9 Å². The largest absolute Gasteiger partial charge is 0.496 e. The molecule has 2 heterocycles. The van der Waals surface area contributed by atoms with E-state index in [-0.39, 0.29) is 11.5 Å². The molecule has 0 spiro atoms. The summed E-state index contributed by atoms with van der Waals surface area (Å²) in [7, 11) is 1.47. The molecule has 1 amide bonds. The van der Waals surface area contributed by atoms with Crippen molar-refractivity contribution in [3.8, 4) is 5.75 Å². The van der Waals surface area contributed by atoms with Gasteiger partial charge in [0.15, 0.2) is 0 Å². The molecule has 1 fully saturated rings. The van der Waals surface area contributed by atoms with E-state index >= 15 is 0 Å². The first-order valence-corrected chi connectivity index (χ1v) is 6.72. The molecule has 0 saturated carbocycles. The highest BCUT2D eigenvalue weighted by molar-refractivity contribution is 5.97. The zero-order valence-electron chi connectivity index (χ0n) is 11.6. The number of methoxy groups -OCH3 is 1. The van der Waals surface area contributed by atoms with E-state index in [1.54, 1.807) is 17.3 Å². The van der Waals surface area contributed by atoms with Gasteiger partial charge in [-0.15, -0.1) is 0 Å². The number of benzene rings is 1. The summed E-state index contributed by atoms with van der Waals surface area (Å²) in [4.78, 5) is 18.1. The summed E-state index contributed by atoms with van der Waals surface area (Å²) in [5.74, 6) is 0.0762. The second-order valence-corrected chi connectivity index (χ2v) is 5.03. The SMILES string of the molecule is COc1ccc(F)cc1C(=O)N1CC(c2ccncc2)C1. The number of ether oxygens (including phenoxy) is 1. The molecule has 0 N–H and O–H groups in total. The number of nitrogens with zero attached hydrogens (tertiary/aromatic N) is 2. The summed E-state index contributed by atoms with van der Waals surface area (Å²) >= 11 is 0. The van der Waals surface area contributed by atoms with Crippen LogP contribution < -0.4 is 4.74 Å². The lowest BCUT2D eigenvalue weighted by molar-refractivity contribution is 0.0598. The van der Waals surface area contributed by atoms with Crippen LogP contribution in [0.25, 0.3) is 0 Å². The fraction of sp³-hybridized carbons (Fsp3) is 0.250. The highest BCUT2D eigenvalue weighted by Crippen LogP contribution is 2.30. The molecule has 5 heteroatoms. The van der Waals surface area contributed by atoms with Crippen molar-refractivity contribution in [1.29, 1.82) is 0 Å². The van der Waals surface area contributed by atoms with Gasteiger partial charge in [0.05, 0.1) is 12.7 Å². The van der Waals surface area contributed by atoms with E-state index in [9.17, 15) is 9.18 Å². The Kier molecular flexibility index (Phi) is 3.56. The molecule has 4 nitrogen and oxygen atoms in total. The number of likely N-dealkylation sites (tertiary alicyclic amines) is 1. The molecule has 21 heavy (non-hydrogen) atoms. The van der Waals surface area contributed by atoms with Gasteiger partial charge in [-0.2, -0.15) is 0 Å². The molecule has 1 saturated heterocycles. The van der Waals surface area contributed by atoms with Gasteiger partial charge in [-0.3, -0.25) is 9.78 Å². The lowest BCUT2D eigenvalue weighted by atomic mass is 9.91. The minimum Gasteiger partial charge on any atom is -0.496 e. The Morgan fingerprint density at radius 1 is 1.29 bits per heavy atom. The van der Waals surface area contributed by atoms with Crippen LogP contribution in [0, 0.1) is 5.82 Å². The second kappa shape index (κ2) is 5.52. The van der Waals surface area contributed by atoms with Crippen LogP contribution in [0.15, 0.2) is 42.7 Å². The molecule has 2 aromatic rings. The summed E-state index contributed by atoms with van der Waals surface area (Å²) < 4.78 is 18.5. The number of halogens is 1. The van der Waals surface area contributed by atoms with Crippen molar-refractivity contribution >= 4 is 5.91 Å². The molecule has 0 radical (unpaired) electrons. The predicted molar refractivity (Wildman–Crippen MR) is 75.8 cm³/mol. The quantitative estimate of drug-likeness (QED) is 0.870. The Morgan fingerprint density at radius 2 is 2.00 bits per heavy atom. The molecule has 0 unspecified atom stereocenters. The first kappa shape index (κ1) is 13.5. The van der Waals surface area contributed by atoms with Gasteiger partial charge in [0.2, 0.25) is 0 Å². The maximum absolute atomic E-state index is 13.3. The van der Waals surface area contributed by atoms with Gasteiger partial charge in [-0.1, -0.05) is 0 Å². The fourth-order valence-electron chi connectivity index (χ4n) is 2.51. The summed E-state index contributed by atoms with van der Waals surface area (Å²) in [5.41, 5.74) is 1.44. The third kappa shape index (κ3) is 2.59. The molecular weight excluding hydrogens is 271 g/mol. The van der Waals surface area contributed by atoms with Crippen molar-refractivity contribution in [1.82, 2.24) is 9.88 Å². The Bertz CT molecular complexity index is 655. The highest BCUT2D eigenvalue weighted by atomic mass is 19.1. The van der Waals surface area contributed by atoms with Gasteiger partial charge in [-0.05, 0) is 35.9 Å². The Labute approximate surface area is 122 Å². The zero-order valence-corrected chi connectivity index (χ0v) is 11.6. The summed E-state index contributed by atoms with van der Waals surface area (Å²) in [6, 6.07) is 7.89. The topological polar surface area (TPSA) is 42.4 Å². The standard InChI is InChI=1S/C16H15FN2O2/c1-21-15-3-2-13(17)8-14(15)16(20)19-9-12(10-19)11-4-6-18-7-5-11/h2-8,12H,9-10H2,1H3. The van der Waals surface area contributed by atoms with E-state index in [0.29, 0.717) is 24.8 Å². The van der Waals surface area contributed by atoms with E-state index < -0.39 is 5.82 Å². The van der Waals surface area contributed by atoms with Crippen molar-refractivity contribution in [2.75, 3.05) is 20.2 Å². The fourth-order valence-corrected chi connectivity index (χ4v) is 2.51. The Morgan fingerprint density at radius 3 is 2.67 bits per heavy atom. The lowest BCUT2D eigenvalue weighted by Crippen LogP contribution is -2.48. The summed E-state index contributed by atoms with van der Waals surface area (Å²) in [6.07, 6.45) is 3.49. The van der Waals surface area contributed by atoms with Crippen LogP contribution in [-0.2, 0) is 0 Å². The number of pyridine rings is 1. The third-order valence-electron chi connectivity index (χ3n) is 3.74. The number of aromatic nitrogens is 1. The van der Waals surface area contributed by atoms with Crippen molar-refractivity contribution in [2.24, 2.45) is 0 Å². The average Bonchev–Trinajstić information content (AvgIpc) is 2.46. The average molecular weight is 286 g/mol. The van der Waals surface area contributed by atoms with Crippen LogP contribution in [0.1, 0.15) is 21.8 Å². The van der Waals surface area contributed by atoms with E-state index in [1.165, 1.54) is 30.9 Å². The zero-order chi connectivity index (χ0) is 14.8. The smallest absolute Gasteiger partial charge is 0.257 e. The minimum atomic E-state index is -0.439. The summed E-state index contributed by atoms with van der Waals surface area (Å²) in [6.45, 7) is 1.25. The van der Waals surface area contributed by atoms with Gasteiger partial charge < -0.3 is 9.64 Å². The first-order valence-electron chi connectivity index (χ1n) is 6.72. The Balaban J connectivity index is 1.73. The van der Waals surface area contributed by atoms with Gasteiger partial charge >= 0.3 is 0 Å². The number of rotatable bonds is 3. The maximum atomic E-state index is 13.3. The number of amides is 1. The summed E-state index contributed by atoms with van der Waals surface area (Å²) in [5, 5.41) is 0. The lowest BCUT2D eigenvalue weighted by Gasteiger charge is -2.39. The molecule has 0 atom stereocenters. The number of hydrogen-bond acceptors (Lipinski definition) is 3. The van der Waals surface area contributed by atoms with Gasteiger partial charge in [0, 0.05) is 31.4 Å². The molecule has 1 aromatic carbocycles. The normalized spacial score (nSPS) is 14.7. The third-order valence-corrected chi connectivity index (χ3v) is 3.74. The maximum Gasteiger partial charge on any atom is 0.257 e. The van der Waals surface area contributed by atoms with E-state index in [1.807, 2.05) is 12.1 Å². The van der Waals surface area contributed by atoms with Crippen LogP contribution in [0.4, 0.5) is 4.39 Å². The van der Waals surface area contributed by atoms with Crippen molar-refractivity contribution in [3.05, 3.63) is 59.7 Å². The molecule has 1 aromatic heterocycles. The van der Waals surface area contributed by atoms with Gasteiger partial charge in [0.1, 0.15) is 11.6 Å². The number of carbonyl (C=O) groups is 1.